The quantitative estimate of drug-likeness (QED) is 0.467. The molecule has 25 heavy (non-hydrogen) atoms. The van der Waals surface area contributed by atoms with Crippen molar-refractivity contribution in [3.63, 3.8) is 0 Å². The third-order valence-electron chi connectivity index (χ3n) is 2.46. The Hall–Kier alpha value is -2.65. The van der Waals surface area contributed by atoms with Gasteiger partial charge in [0.2, 0.25) is 11.8 Å². The molecule has 0 saturated heterocycles. The molecule has 9 nitrogen and oxygen atoms in total. The maximum atomic E-state index is 9.64. The Labute approximate surface area is 145 Å². The van der Waals surface area contributed by atoms with Crippen LogP contribution < -0.4 is 14.8 Å². The van der Waals surface area contributed by atoms with Crippen LogP contribution in [0.2, 0.25) is 0 Å². The summed E-state index contributed by atoms with van der Waals surface area (Å²) in [6.45, 7) is 4.76. The first-order valence-corrected chi connectivity index (χ1v) is 7.43. The Morgan fingerprint density at radius 3 is 2.24 bits per heavy atom. The maximum Gasteiger partial charge on any atom is 0.328 e. The van der Waals surface area contributed by atoms with Crippen LogP contribution in [0.4, 0.5) is 0 Å². The summed E-state index contributed by atoms with van der Waals surface area (Å²) in [4.78, 5) is 23.2. The summed E-state index contributed by atoms with van der Waals surface area (Å²) in [5.41, 5.74) is 0. The van der Waals surface area contributed by atoms with Gasteiger partial charge < -0.3 is 30.1 Å². The number of aliphatic hydroxyl groups is 1. The molecule has 0 bridgehead atoms. The van der Waals surface area contributed by atoms with E-state index in [0.29, 0.717) is 36.5 Å². The van der Waals surface area contributed by atoms with Gasteiger partial charge in [0.05, 0.1) is 7.11 Å². The number of hydrogen-bond acceptors (Lipinski definition) is 7. The van der Waals surface area contributed by atoms with Crippen molar-refractivity contribution < 1.29 is 34.4 Å². The number of nitrogens with one attached hydrogen (secondary N) is 1. The van der Waals surface area contributed by atoms with Crippen LogP contribution in [0.1, 0.15) is 13.8 Å². The molecule has 1 rings (SSSR count). The van der Waals surface area contributed by atoms with E-state index >= 15 is 0 Å². The van der Waals surface area contributed by atoms with Gasteiger partial charge in [-0.25, -0.2) is 9.59 Å². The molecule has 140 valence electrons. The van der Waals surface area contributed by atoms with E-state index < -0.39 is 18.0 Å². The van der Waals surface area contributed by atoms with Gasteiger partial charge in [0.15, 0.2) is 0 Å². The van der Waals surface area contributed by atoms with Gasteiger partial charge in [-0.05, 0) is 0 Å². The van der Waals surface area contributed by atoms with Crippen molar-refractivity contribution in [2.24, 2.45) is 0 Å². The average Bonchev–Trinajstić information content (AvgIpc) is 2.57. The molecule has 0 aliphatic carbocycles. The lowest BCUT2D eigenvalue weighted by atomic mass is 10.3. The number of aromatic nitrogens is 1. The predicted octanol–water partition coefficient (Wildman–Crippen LogP) is 0.540. The zero-order valence-corrected chi connectivity index (χ0v) is 14.4. The number of carboxylic acid groups (broad SMARTS) is 2. The molecule has 0 fully saturated rings. The van der Waals surface area contributed by atoms with Crippen LogP contribution in [0, 0.1) is 0 Å². The average molecular weight is 356 g/mol. The van der Waals surface area contributed by atoms with Crippen LogP contribution in [0.25, 0.3) is 0 Å². The minimum atomic E-state index is -1.26. The molecule has 0 radical (unpaired) electrons. The third kappa shape index (κ3) is 13.5. The summed E-state index contributed by atoms with van der Waals surface area (Å²) >= 11 is 0. The van der Waals surface area contributed by atoms with E-state index in [4.69, 9.17) is 19.7 Å². The number of aliphatic hydroxyl groups excluding tert-OH is 1. The Bertz CT molecular complexity index is 545. The number of rotatable bonds is 9. The van der Waals surface area contributed by atoms with Gasteiger partial charge in [0, 0.05) is 36.9 Å². The van der Waals surface area contributed by atoms with Gasteiger partial charge in [0.1, 0.15) is 12.7 Å². The van der Waals surface area contributed by atoms with Gasteiger partial charge >= 0.3 is 11.9 Å². The van der Waals surface area contributed by atoms with E-state index in [0.717, 1.165) is 0 Å². The lowest BCUT2D eigenvalue weighted by molar-refractivity contribution is -0.134. The smallest absolute Gasteiger partial charge is 0.328 e. The Kier molecular flexibility index (Phi) is 11.4. The van der Waals surface area contributed by atoms with Crippen LogP contribution in [0.15, 0.2) is 30.4 Å². The molecule has 1 unspecified atom stereocenters. The number of aliphatic carboxylic acids is 2. The number of carbonyl (C=O) groups is 2. The number of ether oxygens (including phenoxy) is 2. The summed E-state index contributed by atoms with van der Waals surface area (Å²) in [6, 6.07) is 5.61. The lowest BCUT2D eigenvalue weighted by Gasteiger charge is -2.14. The Morgan fingerprint density at radius 1 is 1.20 bits per heavy atom. The molecule has 0 aliphatic rings. The van der Waals surface area contributed by atoms with E-state index in [1.54, 1.807) is 25.3 Å². The highest BCUT2D eigenvalue weighted by Gasteiger charge is 2.06. The standard InChI is InChI=1S/C12H20N2O3.C4H4O4/c1-9(2)13-7-10(15)8-17-12-6-4-5-11(14-12)16-3;5-3(6)1-2-4(7)8/h4-6,9-10,13,15H,7-8H2,1-3H3;1-2H,(H,5,6)(H,7,8)/b;2-1+. The van der Waals surface area contributed by atoms with Crippen LogP contribution in [-0.2, 0) is 9.59 Å². The van der Waals surface area contributed by atoms with Crippen molar-refractivity contribution in [2.75, 3.05) is 20.3 Å². The first kappa shape index (κ1) is 22.4. The van der Waals surface area contributed by atoms with Gasteiger partial charge in [-0.15, -0.1) is 0 Å². The van der Waals surface area contributed by atoms with Gasteiger partial charge in [-0.1, -0.05) is 19.9 Å². The molecule has 1 aromatic rings. The largest absolute Gasteiger partial charge is 0.481 e. The monoisotopic (exact) mass is 356 g/mol. The molecule has 1 heterocycles. The highest BCUT2D eigenvalue weighted by Crippen LogP contribution is 2.12. The summed E-state index contributed by atoms with van der Waals surface area (Å²) in [5, 5.41) is 28.4. The van der Waals surface area contributed by atoms with Crippen LogP contribution >= 0.6 is 0 Å². The van der Waals surface area contributed by atoms with E-state index in [-0.39, 0.29) is 6.61 Å². The highest BCUT2D eigenvalue weighted by atomic mass is 16.5. The van der Waals surface area contributed by atoms with Crippen LogP contribution in [-0.4, -0.2) is 64.6 Å². The molecular weight excluding hydrogens is 332 g/mol. The van der Waals surface area contributed by atoms with E-state index in [2.05, 4.69) is 10.3 Å². The molecule has 4 N–H and O–H groups in total. The lowest BCUT2D eigenvalue weighted by Crippen LogP contribution is -2.35. The molecule has 0 aromatic carbocycles. The Balaban J connectivity index is 0.000000609. The van der Waals surface area contributed by atoms with Gasteiger partial charge in [0.25, 0.3) is 0 Å². The summed E-state index contributed by atoms with van der Waals surface area (Å²) in [6.07, 6.45) is 0.565. The molecular formula is C16H24N2O7. The molecule has 0 spiro atoms. The van der Waals surface area contributed by atoms with Crippen LogP contribution in [0.5, 0.6) is 11.8 Å². The fourth-order valence-electron chi connectivity index (χ4n) is 1.34. The summed E-state index contributed by atoms with van der Waals surface area (Å²) < 4.78 is 10.3. The SMILES string of the molecule is COc1cccc(OCC(O)CNC(C)C)n1.O=C(O)/C=C/C(=O)O. The van der Waals surface area contributed by atoms with Crippen molar-refractivity contribution in [1.29, 1.82) is 0 Å². The zero-order valence-electron chi connectivity index (χ0n) is 14.4. The van der Waals surface area contributed by atoms with Crippen molar-refractivity contribution in [2.45, 2.75) is 26.0 Å². The number of methoxy groups -OCH3 is 1. The van der Waals surface area contributed by atoms with E-state index in [9.17, 15) is 14.7 Å². The molecule has 1 aromatic heterocycles. The highest BCUT2D eigenvalue weighted by molar-refractivity contribution is 5.89. The second-order valence-corrected chi connectivity index (χ2v) is 5.06. The van der Waals surface area contributed by atoms with Crippen LogP contribution in [0.3, 0.4) is 0 Å². The summed E-state index contributed by atoms with van der Waals surface area (Å²) in [7, 11) is 1.55. The summed E-state index contributed by atoms with van der Waals surface area (Å²) in [5.74, 6) is -1.56. The number of hydrogen-bond donors (Lipinski definition) is 4. The minimum Gasteiger partial charge on any atom is -0.481 e. The Morgan fingerprint density at radius 2 is 1.76 bits per heavy atom. The second kappa shape index (κ2) is 12.7. The number of carboxylic acids is 2. The first-order chi connectivity index (χ1) is 11.7. The number of nitrogens with zero attached hydrogens (tertiary/aromatic N) is 1. The first-order valence-electron chi connectivity index (χ1n) is 7.43. The van der Waals surface area contributed by atoms with Crippen molar-refractivity contribution in [3.05, 3.63) is 30.4 Å². The van der Waals surface area contributed by atoms with Gasteiger partial charge in [-0.3, -0.25) is 0 Å². The minimum absolute atomic E-state index is 0.208. The molecule has 1 atom stereocenters. The second-order valence-electron chi connectivity index (χ2n) is 5.06. The number of pyridine rings is 1. The van der Waals surface area contributed by atoms with E-state index in [1.165, 1.54) is 0 Å². The zero-order chi connectivity index (χ0) is 19.2. The third-order valence-corrected chi connectivity index (χ3v) is 2.46. The predicted molar refractivity (Wildman–Crippen MR) is 89.8 cm³/mol. The van der Waals surface area contributed by atoms with Crippen molar-refractivity contribution in [1.82, 2.24) is 10.3 Å². The van der Waals surface area contributed by atoms with E-state index in [1.807, 2.05) is 13.8 Å². The molecule has 0 amide bonds. The molecule has 0 saturated carbocycles. The fourth-order valence-corrected chi connectivity index (χ4v) is 1.34. The molecule has 9 heteroatoms. The maximum absolute atomic E-state index is 9.64. The topological polar surface area (TPSA) is 138 Å². The molecule has 0 aliphatic heterocycles. The van der Waals surface area contributed by atoms with Crippen molar-refractivity contribution >= 4 is 11.9 Å². The van der Waals surface area contributed by atoms with Gasteiger partial charge in [-0.2, -0.15) is 4.98 Å². The fraction of sp³-hybridized carbons (Fsp3) is 0.438. The normalized spacial score (nSPS) is 11.6. The van der Waals surface area contributed by atoms with Crippen molar-refractivity contribution in [3.8, 4) is 11.8 Å².